The quantitative estimate of drug-likeness (QED) is 0.227. The van der Waals surface area contributed by atoms with E-state index in [-0.39, 0.29) is 18.3 Å². The van der Waals surface area contributed by atoms with E-state index in [1.165, 1.54) is 11.3 Å². The molecule has 6 nitrogen and oxygen atoms in total. The summed E-state index contributed by atoms with van der Waals surface area (Å²) in [5.41, 5.74) is 4.01. The molecule has 0 atom stereocenters. The Morgan fingerprint density at radius 2 is 1.65 bits per heavy atom. The first-order valence-electron chi connectivity index (χ1n) is 12.0. The molecule has 0 aliphatic carbocycles. The maximum absolute atomic E-state index is 14.2. The average molecular weight is 533 g/mol. The van der Waals surface area contributed by atoms with Crippen molar-refractivity contribution < 1.29 is 9.53 Å². The Hall–Kier alpha value is -3.52. The third-order valence-electron chi connectivity index (χ3n) is 5.92. The fourth-order valence-corrected chi connectivity index (χ4v) is 5.12. The molecule has 0 spiro atoms. The summed E-state index contributed by atoms with van der Waals surface area (Å²) in [4.78, 5) is 27.8. The summed E-state index contributed by atoms with van der Waals surface area (Å²) in [6.07, 6.45) is 0. The van der Waals surface area contributed by atoms with Gasteiger partial charge in [0.1, 0.15) is 5.75 Å². The molecular weight excluding hydrogens is 504 g/mol. The van der Waals surface area contributed by atoms with E-state index >= 15 is 0 Å². The van der Waals surface area contributed by atoms with Gasteiger partial charge in [-0.2, -0.15) is 0 Å². The van der Waals surface area contributed by atoms with Crippen LogP contribution in [0, 0.1) is 0 Å². The highest BCUT2D eigenvalue weighted by Gasteiger charge is 2.24. The second-order valence-electron chi connectivity index (χ2n) is 8.76. The number of nitrogens with zero attached hydrogens (tertiary/aromatic N) is 4. The molecule has 37 heavy (non-hydrogen) atoms. The van der Waals surface area contributed by atoms with E-state index in [1.807, 2.05) is 99.9 Å². The monoisotopic (exact) mass is 532 g/mol. The number of amides is 1. The smallest absolute Gasteiger partial charge is 0.260 e. The zero-order chi connectivity index (χ0) is 25.1. The maximum atomic E-state index is 14.2. The van der Waals surface area contributed by atoms with E-state index in [2.05, 4.69) is 4.90 Å². The first-order chi connectivity index (χ1) is 17.5. The minimum atomic E-state index is -0.0864. The molecule has 2 heterocycles. The van der Waals surface area contributed by atoms with Crippen molar-refractivity contribution in [1.82, 2.24) is 14.9 Å². The van der Waals surface area contributed by atoms with Crippen molar-refractivity contribution in [3.05, 3.63) is 84.4 Å². The predicted molar refractivity (Wildman–Crippen MR) is 155 cm³/mol. The SMILES string of the molecule is CCOc1ccc2nc(N(CCN(C)C)C(=O)c3cc(-c4ccccc4)nc4ccccc34)sc2c1.Cl. The number of aromatic nitrogens is 2. The van der Waals surface area contributed by atoms with Crippen molar-refractivity contribution >= 4 is 55.9 Å². The number of hydrogen-bond donors (Lipinski definition) is 0. The Kier molecular flexibility index (Phi) is 8.38. The van der Waals surface area contributed by atoms with Crippen LogP contribution in [0.3, 0.4) is 0 Å². The van der Waals surface area contributed by atoms with E-state index in [9.17, 15) is 4.79 Å². The van der Waals surface area contributed by atoms with Gasteiger partial charge in [0.05, 0.1) is 33.6 Å². The van der Waals surface area contributed by atoms with E-state index in [0.29, 0.717) is 30.4 Å². The summed E-state index contributed by atoms with van der Waals surface area (Å²) < 4.78 is 6.66. The number of ether oxygens (including phenoxy) is 1. The summed E-state index contributed by atoms with van der Waals surface area (Å²) in [7, 11) is 4.01. The Morgan fingerprint density at radius 3 is 2.41 bits per heavy atom. The molecule has 8 heteroatoms. The number of pyridine rings is 1. The zero-order valence-electron chi connectivity index (χ0n) is 21.0. The molecule has 0 aliphatic rings. The number of thiazole rings is 1. The van der Waals surface area contributed by atoms with Crippen LogP contribution in [0.1, 0.15) is 17.3 Å². The number of anilines is 1. The van der Waals surface area contributed by atoms with Crippen LogP contribution in [0.25, 0.3) is 32.4 Å². The number of fused-ring (bicyclic) bond motifs is 2. The molecule has 0 unspecified atom stereocenters. The van der Waals surface area contributed by atoms with E-state index in [4.69, 9.17) is 14.7 Å². The Morgan fingerprint density at radius 1 is 0.892 bits per heavy atom. The molecule has 0 aliphatic heterocycles. The zero-order valence-corrected chi connectivity index (χ0v) is 22.7. The van der Waals surface area contributed by atoms with Crippen molar-refractivity contribution in [2.24, 2.45) is 0 Å². The van der Waals surface area contributed by atoms with Crippen LogP contribution in [0.15, 0.2) is 78.9 Å². The lowest BCUT2D eigenvalue weighted by atomic mass is 10.0. The number of benzene rings is 3. The second kappa shape index (κ2) is 11.7. The average Bonchev–Trinajstić information content (AvgIpc) is 3.31. The van der Waals surface area contributed by atoms with Crippen molar-refractivity contribution in [2.75, 3.05) is 38.7 Å². The van der Waals surface area contributed by atoms with E-state index < -0.39 is 0 Å². The fraction of sp³-hybridized carbons (Fsp3) is 0.207. The lowest BCUT2D eigenvalue weighted by Crippen LogP contribution is -2.37. The van der Waals surface area contributed by atoms with Gasteiger partial charge in [-0.05, 0) is 51.4 Å². The molecule has 5 rings (SSSR count). The van der Waals surface area contributed by atoms with Gasteiger partial charge in [-0.15, -0.1) is 12.4 Å². The van der Waals surface area contributed by atoms with Gasteiger partial charge in [0.15, 0.2) is 5.13 Å². The third kappa shape index (κ3) is 5.74. The van der Waals surface area contributed by atoms with Crippen molar-refractivity contribution in [3.63, 3.8) is 0 Å². The molecule has 0 saturated heterocycles. The number of rotatable bonds is 8. The van der Waals surface area contributed by atoms with Crippen LogP contribution >= 0.6 is 23.7 Å². The number of carbonyl (C=O) groups is 1. The summed E-state index contributed by atoms with van der Waals surface area (Å²) >= 11 is 1.51. The highest BCUT2D eigenvalue weighted by Crippen LogP contribution is 2.33. The number of hydrogen-bond acceptors (Lipinski definition) is 6. The largest absolute Gasteiger partial charge is 0.494 e. The molecule has 0 bridgehead atoms. The van der Waals surface area contributed by atoms with Crippen LogP contribution < -0.4 is 9.64 Å². The number of carbonyl (C=O) groups excluding carboxylic acids is 1. The minimum Gasteiger partial charge on any atom is -0.494 e. The molecule has 2 aromatic heterocycles. The van der Waals surface area contributed by atoms with Gasteiger partial charge in [0.25, 0.3) is 5.91 Å². The lowest BCUT2D eigenvalue weighted by molar-refractivity contribution is 0.0986. The molecule has 3 aromatic carbocycles. The van der Waals surface area contributed by atoms with Gasteiger partial charge >= 0.3 is 0 Å². The molecule has 0 N–H and O–H groups in total. The fourth-order valence-electron chi connectivity index (χ4n) is 4.10. The van der Waals surface area contributed by atoms with E-state index in [1.54, 1.807) is 4.90 Å². The summed E-state index contributed by atoms with van der Waals surface area (Å²) in [6.45, 7) is 3.79. The van der Waals surface area contributed by atoms with Crippen LogP contribution in [-0.2, 0) is 0 Å². The van der Waals surface area contributed by atoms with Gasteiger partial charge in [-0.25, -0.2) is 9.97 Å². The highest BCUT2D eigenvalue weighted by molar-refractivity contribution is 7.22. The van der Waals surface area contributed by atoms with Crippen LogP contribution in [0.5, 0.6) is 5.75 Å². The topological polar surface area (TPSA) is 58.6 Å². The highest BCUT2D eigenvalue weighted by atomic mass is 35.5. The number of halogens is 1. The van der Waals surface area contributed by atoms with Crippen molar-refractivity contribution in [1.29, 1.82) is 0 Å². The number of likely N-dealkylation sites (N-methyl/N-ethyl adjacent to an activating group) is 1. The molecule has 0 radical (unpaired) electrons. The molecule has 1 amide bonds. The van der Waals surface area contributed by atoms with Gasteiger partial charge in [0.2, 0.25) is 0 Å². The van der Waals surface area contributed by atoms with Gasteiger partial charge < -0.3 is 9.64 Å². The van der Waals surface area contributed by atoms with Crippen LogP contribution in [-0.4, -0.2) is 54.6 Å². The maximum Gasteiger partial charge on any atom is 0.260 e. The molecular formula is C29H29ClN4O2S. The Bertz CT molecular complexity index is 1520. The molecule has 0 fully saturated rings. The summed E-state index contributed by atoms with van der Waals surface area (Å²) in [5.74, 6) is 0.718. The van der Waals surface area contributed by atoms with Gasteiger partial charge in [0, 0.05) is 24.0 Å². The summed E-state index contributed by atoms with van der Waals surface area (Å²) in [6, 6.07) is 25.5. The molecule has 190 valence electrons. The predicted octanol–water partition coefficient (Wildman–Crippen LogP) is 6.54. The molecule has 0 saturated carbocycles. The molecule has 5 aromatic rings. The second-order valence-corrected chi connectivity index (χ2v) is 9.77. The van der Waals surface area contributed by atoms with Crippen LogP contribution in [0.4, 0.5) is 5.13 Å². The summed E-state index contributed by atoms with van der Waals surface area (Å²) in [5, 5.41) is 1.50. The van der Waals surface area contributed by atoms with Crippen molar-refractivity contribution in [2.45, 2.75) is 6.92 Å². The van der Waals surface area contributed by atoms with Crippen LogP contribution in [0.2, 0.25) is 0 Å². The Labute approximate surface area is 226 Å². The van der Waals surface area contributed by atoms with Gasteiger partial charge in [-0.1, -0.05) is 59.9 Å². The minimum absolute atomic E-state index is 0. The number of para-hydroxylation sites is 1. The lowest BCUT2D eigenvalue weighted by Gasteiger charge is -2.23. The third-order valence-corrected chi connectivity index (χ3v) is 6.96. The normalized spacial score (nSPS) is 11.0. The first-order valence-corrected chi connectivity index (χ1v) is 12.8. The van der Waals surface area contributed by atoms with Crippen molar-refractivity contribution in [3.8, 4) is 17.0 Å². The standard InChI is InChI=1S/C29H28N4O2S.ClH/c1-4-35-21-14-15-25-27(18-21)36-29(31-25)33(17-16-32(2)3)28(34)23-19-26(20-10-6-5-7-11-20)30-24-13-9-8-12-22(23)24;/h5-15,18-19H,4,16-17H2,1-3H3;1H. The first kappa shape index (κ1) is 26.5. The van der Waals surface area contributed by atoms with Gasteiger partial charge in [-0.3, -0.25) is 9.69 Å². The Balaban J connectivity index is 0.00000320. The van der Waals surface area contributed by atoms with E-state index in [0.717, 1.165) is 38.1 Å².